The first kappa shape index (κ1) is 21.3. The maximum absolute atomic E-state index is 12.8. The maximum Gasteiger partial charge on any atom is 0.254 e. The molecule has 0 bridgehead atoms. The molecule has 0 aliphatic carbocycles. The third kappa shape index (κ3) is 5.15. The van der Waals surface area contributed by atoms with Crippen molar-refractivity contribution in [1.82, 2.24) is 15.0 Å². The van der Waals surface area contributed by atoms with Gasteiger partial charge in [-0.05, 0) is 36.8 Å². The molecule has 1 heterocycles. The van der Waals surface area contributed by atoms with E-state index in [4.69, 9.17) is 9.26 Å². The molecule has 0 saturated heterocycles. The van der Waals surface area contributed by atoms with Gasteiger partial charge in [-0.25, -0.2) is 8.42 Å². The lowest BCUT2D eigenvalue weighted by Gasteiger charge is -2.16. The zero-order valence-electron chi connectivity index (χ0n) is 17.0. The molecule has 9 nitrogen and oxygen atoms in total. The first-order valence-electron chi connectivity index (χ1n) is 8.97. The van der Waals surface area contributed by atoms with E-state index in [2.05, 4.69) is 14.9 Å². The largest absolute Gasteiger partial charge is 0.497 e. The van der Waals surface area contributed by atoms with E-state index in [9.17, 15) is 13.2 Å². The number of carbonyl (C=O) groups is 1. The minimum Gasteiger partial charge on any atom is -0.497 e. The van der Waals surface area contributed by atoms with Crippen LogP contribution in [0.1, 0.15) is 21.8 Å². The fraction of sp³-hybridized carbons (Fsp3) is 0.250. The van der Waals surface area contributed by atoms with Crippen molar-refractivity contribution < 1.29 is 22.5 Å². The lowest BCUT2D eigenvalue weighted by atomic mass is 10.1. The minimum atomic E-state index is -3.46. The number of nitrogens with zero attached hydrogens (tertiary/aromatic N) is 3. The molecule has 2 aromatic carbocycles. The third-order valence-corrected chi connectivity index (χ3v) is 4.89. The summed E-state index contributed by atoms with van der Waals surface area (Å²) >= 11 is 0. The second-order valence-corrected chi connectivity index (χ2v) is 8.56. The molecule has 0 unspecified atom stereocenters. The van der Waals surface area contributed by atoms with Crippen LogP contribution in [0.4, 0.5) is 5.69 Å². The molecule has 3 aromatic rings. The molecule has 0 aliphatic rings. The summed E-state index contributed by atoms with van der Waals surface area (Å²) in [5.41, 5.74) is 2.13. The average Bonchev–Trinajstić information content (AvgIpc) is 3.16. The van der Waals surface area contributed by atoms with Gasteiger partial charge in [0.2, 0.25) is 21.7 Å². The number of benzene rings is 2. The molecule has 0 saturated carbocycles. The number of sulfonamides is 1. The lowest BCUT2D eigenvalue weighted by Crippen LogP contribution is -2.26. The van der Waals surface area contributed by atoms with E-state index in [1.807, 2.05) is 18.2 Å². The number of hydrogen-bond donors (Lipinski definition) is 1. The Hall–Kier alpha value is -3.40. The number of aryl methyl sites for hydroxylation is 1. The summed E-state index contributed by atoms with van der Waals surface area (Å²) in [6, 6.07) is 12.1. The smallest absolute Gasteiger partial charge is 0.254 e. The second kappa shape index (κ2) is 8.54. The zero-order chi connectivity index (χ0) is 21.9. The van der Waals surface area contributed by atoms with Crippen LogP contribution in [0.5, 0.6) is 5.75 Å². The van der Waals surface area contributed by atoms with Gasteiger partial charge in [-0.2, -0.15) is 4.98 Å². The van der Waals surface area contributed by atoms with Crippen LogP contribution in [0, 0.1) is 6.92 Å². The van der Waals surface area contributed by atoms with Crippen LogP contribution in [0.15, 0.2) is 47.0 Å². The topological polar surface area (TPSA) is 115 Å². The molecular weight excluding hydrogens is 408 g/mol. The van der Waals surface area contributed by atoms with Crippen LogP contribution in [0.25, 0.3) is 11.4 Å². The summed E-state index contributed by atoms with van der Waals surface area (Å²) in [4.78, 5) is 18.5. The summed E-state index contributed by atoms with van der Waals surface area (Å²) < 4.78 is 35.9. The van der Waals surface area contributed by atoms with Gasteiger partial charge in [0.25, 0.3) is 5.91 Å². The number of rotatable bonds is 7. The number of anilines is 1. The van der Waals surface area contributed by atoms with Gasteiger partial charge in [0.1, 0.15) is 5.75 Å². The van der Waals surface area contributed by atoms with Crippen LogP contribution in [-0.2, 0) is 16.6 Å². The Bertz CT molecular complexity index is 1170. The number of carbonyl (C=O) groups excluding carboxylic acids is 1. The molecule has 1 aromatic heterocycles. The van der Waals surface area contributed by atoms with Gasteiger partial charge in [-0.1, -0.05) is 23.4 Å². The molecular formula is C20H22N4O5S. The summed E-state index contributed by atoms with van der Waals surface area (Å²) in [5, 5.41) is 3.96. The first-order valence-corrected chi connectivity index (χ1v) is 10.9. The summed E-state index contributed by atoms with van der Waals surface area (Å²) in [5.74, 6) is 1.02. The van der Waals surface area contributed by atoms with Gasteiger partial charge in [0.15, 0.2) is 0 Å². The van der Waals surface area contributed by atoms with E-state index in [1.165, 1.54) is 11.0 Å². The number of nitrogens with one attached hydrogen (secondary N) is 1. The van der Waals surface area contributed by atoms with E-state index in [0.29, 0.717) is 28.4 Å². The third-order valence-electron chi connectivity index (χ3n) is 4.30. The van der Waals surface area contributed by atoms with Crippen molar-refractivity contribution in [3.05, 3.63) is 59.5 Å². The highest BCUT2D eigenvalue weighted by molar-refractivity contribution is 7.92. The van der Waals surface area contributed by atoms with Gasteiger partial charge in [0, 0.05) is 18.2 Å². The molecule has 0 aliphatic heterocycles. The van der Waals surface area contributed by atoms with Gasteiger partial charge in [-0.15, -0.1) is 0 Å². The number of amides is 1. The molecule has 10 heteroatoms. The Balaban J connectivity index is 1.75. The average molecular weight is 430 g/mol. The van der Waals surface area contributed by atoms with Crippen LogP contribution in [0.2, 0.25) is 0 Å². The van der Waals surface area contributed by atoms with Gasteiger partial charge in [0.05, 0.1) is 25.6 Å². The molecule has 0 radical (unpaired) electrons. The van der Waals surface area contributed by atoms with Crippen molar-refractivity contribution >= 4 is 21.6 Å². The van der Waals surface area contributed by atoms with Crippen molar-refractivity contribution in [3.63, 3.8) is 0 Å². The van der Waals surface area contributed by atoms with E-state index < -0.39 is 10.0 Å². The van der Waals surface area contributed by atoms with Crippen molar-refractivity contribution in [3.8, 4) is 17.1 Å². The Morgan fingerprint density at radius 3 is 2.70 bits per heavy atom. The van der Waals surface area contributed by atoms with Crippen LogP contribution in [-0.4, -0.2) is 49.8 Å². The Morgan fingerprint density at radius 1 is 1.23 bits per heavy atom. The number of hydrogen-bond acceptors (Lipinski definition) is 7. The van der Waals surface area contributed by atoms with Crippen molar-refractivity contribution in [2.75, 3.05) is 25.1 Å². The molecule has 1 amide bonds. The predicted octanol–water partition coefficient (Wildman–Crippen LogP) is 2.70. The Kier molecular flexibility index (Phi) is 6.06. The highest BCUT2D eigenvalue weighted by Gasteiger charge is 2.18. The normalized spacial score (nSPS) is 11.2. The van der Waals surface area contributed by atoms with Gasteiger partial charge in [-0.3, -0.25) is 9.52 Å². The van der Waals surface area contributed by atoms with Crippen molar-refractivity contribution in [2.24, 2.45) is 0 Å². The molecule has 158 valence electrons. The van der Waals surface area contributed by atoms with Crippen LogP contribution in [0.3, 0.4) is 0 Å². The lowest BCUT2D eigenvalue weighted by molar-refractivity contribution is 0.0769. The molecule has 0 fully saturated rings. The quantitative estimate of drug-likeness (QED) is 0.613. The summed E-state index contributed by atoms with van der Waals surface area (Å²) in [7, 11) is -0.286. The number of methoxy groups -OCH3 is 1. The molecule has 0 atom stereocenters. The number of aromatic nitrogens is 2. The van der Waals surface area contributed by atoms with Crippen LogP contribution >= 0.6 is 0 Å². The van der Waals surface area contributed by atoms with Gasteiger partial charge < -0.3 is 14.2 Å². The zero-order valence-corrected chi connectivity index (χ0v) is 17.9. The highest BCUT2D eigenvalue weighted by Crippen LogP contribution is 2.22. The fourth-order valence-electron chi connectivity index (χ4n) is 2.76. The summed E-state index contributed by atoms with van der Waals surface area (Å²) in [6.07, 6.45) is 1.06. The number of ether oxygens (including phenoxy) is 1. The first-order chi connectivity index (χ1) is 14.2. The maximum atomic E-state index is 12.8. The van der Waals surface area contributed by atoms with Crippen molar-refractivity contribution in [2.45, 2.75) is 13.5 Å². The fourth-order valence-corrected chi connectivity index (χ4v) is 3.38. The van der Waals surface area contributed by atoms with Gasteiger partial charge >= 0.3 is 0 Å². The highest BCUT2D eigenvalue weighted by atomic mass is 32.2. The standard InChI is InChI=1S/C20H22N4O5S/c1-13-8-9-15(11-17(13)23-30(4,26)27)20(25)24(2)12-18-21-19(22-29-18)14-6-5-7-16(10-14)28-3/h5-11,23H,12H2,1-4H3. The molecule has 1 N–H and O–H groups in total. The van der Waals surface area contributed by atoms with E-state index in [0.717, 1.165) is 11.8 Å². The monoisotopic (exact) mass is 430 g/mol. The van der Waals surface area contributed by atoms with Crippen LogP contribution < -0.4 is 9.46 Å². The van der Waals surface area contributed by atoms with E-state index in [-0.39, 0.29) is 18.3 Å². The van der Waals surface area contributed by atoms with E-state index >= 15 is 0 Å². The second-order valence-electron chi connectivity index (χ2n) is 6.81. The SMILES string of the molecule is COc1cccc(-c2noc(CN(C)C(=O)c3ccc(C)c(NS(C)(=O)=O)c3)n2)c1. The predicted molar refractivity (Wildman–Crippen MR) is 112 cm³/mol. The molecule has 30 heavy (non-hydrogen) atoms. The molecule has 0 spiro atoms. The minimum absolute atomic E-state index is 0.0958. The van der Waals surface area contributed by atoms with E-state index in [1.54, 1.807) is 39.3 Å². The summed E-state index contributed by atoms with van der Waals surface area (Å²) in [6.45, 7) is 1.85. The van der Waals surface area contributed by atoms with Crippen molar-refractivity contribution in [1.29, 1.82) is 0 Å². The molecule has 3 rings (SSSR count). The Morgan fingerprint density at radius 2 is 2.00 bits per heavy atom. The Labute approximate surface area is 174 Å².